The number of nitrogens with one attached hydrogen (secondary N) is 3. The van der Waals surface area contributed by atoms with Crippen molar-refractivity contribution in [1.29, 1.82) is 0 Å². The number of allylic oxidation sites excluding steroid dienone is 1. The van der Waals surface area contributed by atoms with E-state index in [1.165, 1.54) is 0 Å². The number of amides is 4. The van der Waals surface area contributed by atoms with Crippen LogP contribution in [0.5, 0.6) is 0 Å². The molecule has 0 aromatic rings. The van der Waals surface area contributed by atoms with Gasteiger partial charge in [0.2, 0.25) is 17.7 Å². The minimum atomic E-state index is -0.929. The molecule has 3 N–H and O–H groups in total. The second kappa shape index (κ2) is 10.2. The molecule has 2 heterocycles. The van der Waals surface area contributed by atoms with Crippen molar-refractivity contribution in [2.45, 2.75) is 114 Å². The Bertz CT molecular complexity index is 877. The number of hydrogen-bond donors (Lipinski definition) is 3. The first-order valence-electron chi connectivity index (χ1n) is 13.2. The first kappa shape index (κ1) is 25.5. The van der Waals surface area contributed by atoms with Crippen molar-refractivity contribution in [2.75, 3.05) is 6.54 Å². The van der Waals surface area contributed by atoms with Gasteiger partial charge in [-0.3, -0.25) is 14.4 Å². The van der Waals surface area contributed by atoms with Crippen LogP contribution in [0.15, 0.2) is 12.2 Å². The first-order valence-corrected chi connectivity index (χ1v) is 13.2. The molecule has 4 aliphatic rings. The minimum absolute atomic E-state index is 0.0255. The highest BCUT2D eigenvalue weighted by Crippen LogP contribution is 2.46. The van der Waals surface area contributed by atoms with E-state index < -0.39 is 29.3 Å². The molecule has 0 spiro atoms. The average molecular weight is 489 g/mol. The predicted molar refractivity (Wildman–Crippen MR) is 130 cm³/mol. The monoisotopic (exact) mass is 488 g/mol. The van der Waals surface area contributed by atoms with Crippen molar-refractivity contribution in [2.24, 2.45) is 5.92 Å². The Morgan fingerprint density at radius 1 is 1.06 bits per heavy atom. The van der Waals surface area contributed by atoms with E-state index in [0.29, 0.717) is 32.2 Å². The molecule has 0 aromatic carbocycles. The summed E-state index contributed by atoms with van der Waals surface area (Å²) in [5.41, 5.74) is -1.60. The van der Waals surface area contributed by atoms with Gasteiger partial charge in [0.15, 0.2) is 0 Å². The Labute approximate surface area is 207 Å². The molecule has 1 saturated heterocycles. The fraction of sp³-hybridized carbons (Fsp3) is 0.769. The second-order valence-corrected chi connectivity index (χ2v) is 11.5. The van der Waals surface area contributed by atoms with Gasteiger partial charge in [-0.15, -0.1) is 0 Å². The number of alkyl carbamates (subject to hydrolysis) is 1. The van der Waals surface area contributed by atoms with E-state index in [4.69, 9.17) is 4.74 Å². The summed E-state index contributed by atoms with van der Waals surface area (Å²) in [4.78, 5) is 54.1. The molecule has 0 unspecified atom stereocenters. The molecule has 35 heavy (non-hydrogen) atoms. The van der Waals surface area contributed by atoms with Crippen molar-refractivity contribution < 1.29 is 23.9 Å². The number of ether oxygens (including phenoxy) is 1. The largest absolute Gasteiger partial charge is 0.444 e. The molecule has 0 aromatic heterocycles. The number of carbonyl (C=O) groups excluding carboxylic acids is 4. The zero-order chi connectivity index (χ0) is 25.2. The van der Waals surface area contributed by atoms with Crippen LogP contribution >= 0.6 is 0 Å². The zero-order valence-corrected chi connectivity index (χ0v) is 21.2. The lowest BCUT2D eigenvalue weighted by Gasteiger charge is -2.30. The first-order chi connectivity index (χ1) is 16.6. The second-order valence-electron chi connectivity index (χ2n) is 11.5. The normalized spacial score (nSPS) is 32.8. The number of nitrogens with zero attached hydrogens (tertiary/aromatic N) is 1. The van der Waals surface area contributed by atoms with E-state index >= 15 is 0 Å². The Morgan fingerprint density at radius 2 is 1.83 bits per heavy atom. The molecule has 2 saturated carbocycles. The Hall–Kier alpha value is -2.58. The number of fused-ring (bicyclic) bond motifs is 2. The summed E-state index contributed by atoms with van der Waals surface area (Å²) >= 11 is 0. The van der Waals surface area contributed by atoms with Gasteiger partial charge in [-0.25, -0.2) is 4.79 Å². The van der Waals surface area contributed by atoms with Gasteiger partial charge in [-0.05, 0) is 72.1 Å². The van der Waals surface area contributed by atoms with Crippen molar-refractivity contribution in [3.8, 4) is 0 Å². The van der Waals surface area contributed by atoms with Crippen LogP contribution in [0.1, 0.15) is 85.0 Å². The van der Waals surface area contributed by atoms with Crippen LogP contribution in [0, 0.1) is 5.92 Å². The van der Waals surface area contributed by atoms with E-state index in [1.54, 1.807) is 25.7 Å². The number of hydrogen-bond acceptors (Lipinski definition) is 5. The maximum atomic E-state index is 13.6. The highest BCUT2D eigenvalue weighted by atomic mass is 16.6. The van der Waals surface area contributed by atoms with E-state index in [9.17, 15) is 19.2 Å². The zero-order valence-electron chi connectivity index (χ0n) is 21.2. The minimum Gasteiger partial charge on any atom is -0.444 e. The maximum Gasteiger partial charge on any atom is 0.408 e. The van der Waals surface area contributed by atoms with Crippen molar-refractivity contribution >= 4 is 23.8 Å². The summed E-state index contributed by atoms with van der Waals surface area (Å²) in [5, 5.41) is 8.85. The van der Waals surface area contributed by atoms with Gasteiger partial charge < -0.3 is 25.6 Å². The third-order valence-electron chi connectivity index (χ3n) is 7.24. The van der Waals surface area contributed by atoms with Crippen molar-refractivity contribution in [3.63, 3.8) is 0 Å². The standard InChI is InChI=1S/C26H40N4O5/c1-25(2,3)35-24(34)28-19-11-8-6-4-5-7-10-17-16-26(17,23(33)27-18-13-14-18)29-21(31)20-12-9-15-30(20)22(19)32/h7,10,17-20H,4-6,8-9,11-16H2,1-3H3,(H,27,33)(H,28,34)(H,29,31)/b10-7-/t17-,19-,20-,26+/m0/s1. The molecule has 0 bridgehead atoms. The molecular formula is C26H40N4O5. The van der Waals surface area contributed by atoms with Crippen LogP contribution in [-0.4, -0.2) is 64.5 Å². The highest BCUT2D eigenvalue weighted by Gasteiger charge is 2.61. The maximum absolute atomic E-state index is 13.6. The molecule has 194 valence electrons. The molecule has 3 fully saturated rings. The third-order valence-corrected chi connectivity index (χ3v) is 7.24. The molecule has 9 heteroatoms. The highest BCUT2D eigenvalue weighted by molar-refractivity contribution is 5.98. The van der Waals surface area contributed by atoms with Crippen LogP contribution in [0.2, 0.25) is 0 Å². The molecule has 2 aliphatic heterocycles. The van der Waals surface area contributed by atoms with E-state index in [-0.39, 0.29) is 29.7 Å². The summed E-state index contributed by atoms with van der Waals surface area (Å²) in [7, 11) is 0. The lowest BCUT2D eigenvalue weighted by molar-refractivity contribution is -0.141. The topological polar surface area (TPSA) is 117 Å². The van der Waals surface area contributed by atoms with Gasteiger partial charge in [0, 0.05) is 18.5 Å². The third kappa shape index (κ3) is 6.35. The van der Waals surface area contributed by atoms with Gasteiger partial charge in [0.25, 0.3) is 0 Å². The van der Waals surface area contributed by atoms with Crippen LogP contribution in [0.4, 0.5) is 4.79 Å². The Morgan fingerprint density at radius 3 is 2.54 bits per heavy atom. The molecule has 2 aliphatic carbocycles. The summed E-state index contributed by atoms with van der Waals surface area (Å²) in [6.45, 7) is 5.78. The molecule has 4 rings (SSSR count). The van der Waals surface area contributed by atoms with Gasteiger partial charge in [-0.1, -0.05) is 25.0 Å². The lowest BCUT2D eigenvalue weighted by atomic mass is 10.0. The SMILES string of the molecule is CC(C)(C)OC(=O)N[C@H]1CCCCC/C=C\[C@H]2C[C@@]2(C(=O)NC2CC2)NC(=O)[C@@H]2CCCN2C1=O. The van der Waals surface area contributed by atoms with Gasteiger partial charge >= 0.3 is 6.09 Å². The summed E-state index contributed by atoms with van der Waals surface area (Å²) in [6, 6.07) is -1.19. The molecule has 4 amide bonds. The van der Waals surface area contributed by atoms with E-state index in [1.807, 2.05) is 0 Å². The molecule has 9 nitrogen and oxygen atoms in total. The quantitative estimate of drug-likeness (QED) is 0.528. The lowest BCUT2D eigenvalue weighted by Crippen LogP contribution is -2.58. The molecule has 0 radical (unpaired) electrons. The van der Waals surface area contributed by atoms with Crippen molar-refractivity contribution in [1.82, 2.24) is 20.9 Å². The summed E-state index contributed by atoms with van der Waals surface area (Å²) in [6.07, 6.45) is 11.3. The van der Waals surface area contributed by atoms with E-state index in [0.717, 1.165) is 38.5 Å². The Kier molecular flexibility index (Phi) is 7.43. The van der Waals surface area contributed by atoms with Gasteiger partial charge in [0.1, 0.15) is 23.2 Å². The van der Waals surface area contributed by atoms with Crippen molar-refractivity contribution in [3.05, 3.63) is 12.2 Å². The smallest absolute Gasteiger partial charge is 0.408 e. The Balaban J connectivity index is 1.52. The van der Waals surface area contributed by atoms with E-state index in [2.05, 4.69) is 28.1 Å². The number of carbonyl (C=O) groups is 4. The van der Waals surface area contributed by atoms with Crippen LogP contribution in [-0.2, 0) is 19.1 Å². The van der Waals surface area contributed by atoms with Crippen LogP contribution in [0.3, 0.4) is 0 Å². The fourth-order valence-electron chi connectivity index (χ4n) is 5.09. The van der Waals surface area contributed by atoms with Crippen LogP contribution < -0.4 is 16.0 Å². The van der Waals surface area contributed by atoms with Gasteiger partial charge in [-0.2, -0.15) is 0 Å². The predicted octanol–water partition coefficient (Wildman–Crippen LogP) is 2.54. The number of rotatable bonds is 3. The average Bonchev–Trinajstić information content (AvgIpc) is 3.66. The van der Waals surface area contributed by atoms with Gasteiger partial charge in [0.05, 0.1) is 0 Å². The fourth-order valence-corrected chi connectivity index (χ4v) is 5.09. The molecular weight excluding hydrogens is 448 g/mol. The van der Waals surface area contributed by atoms with Crippen LogP contribution in [0.25, 0.3) is 0 Å². The summed E-state index contributed by atoms with van der Waals surface area (Å²) < 4.78 is 5.39. The molecule has 4 atom stereocenters. The summed E-state index contributed by atoms with van der Waals surface area (Å²) in [5.74, 6) is -0.691.